The van der Waals surface area contributed by atoms with E-state index in [0.717, 1.165) is 6.42 Å². The van der Waals surface area contributed by atoms with Crippen LogP contribution in [-0.4, -0.2) is 49.1 Å². The molecule has 1 saturated heterocycles. The van der Waals surface area contributed by atoms with Gasteiger partial charge in [0.15, 0.2) is 6.40 Å². The molecule has 0 bridgehead atoms. The maximum absolute atomic E-state index is 12.6. The molecule has 0 aromatic carbocycles. The fraction of sp³-hybridized carbons (Fsp3) is 0.462. The first-order valence-electron chi connectivity index (χ1n) is 6.38. The second kappa shape index (κ2) is 4.97. The number of anilines is 1. The number of pyridine rings is 1. The number of amides is 1. The van der Waals surface area contributed by atoms with E-state index >= 15 is 0 Å². The summed E-state index contributed by atoms with van der Waals surface area (Å²) in [7, 11) is 1.77. The Morgan fingerprint density at radius 2 is 2.37 bits per heavy atom. The van der Waals surface area contributed by atoms with Crippen LogP contribution < -0.4 is 10.2 Å². The number of nitrogens with zero attached hydrogens (tertiary/aromatic N) is 3. The number of nitrogens with one attached hydrogen (secondary N) is 1. The van der Waals surface area contributed by atoms with Crippen LogP contribution in [0.15, 0.2) is 29.4 Å². The summed E-state index contributed by atoms with van der Waals surface area (Å²) < 4.78 is 5.47. The summed E-state index contributed by atoms with van der Waals surface area (Å²) in [4.78, 5) is 22.9. The van der Waals surface area contributed by atoms with Gasteiger partial charge in [-0.15, -0.1) is 0 Å². The lowest BCUT2D eigenvalue weighted by Gasteiger charge is -2.25. The van der Waals surface area contributed by atoms with Crippen LogP contribution in [0.5, 0.6) is 0 Å². The lowest BCUT2D eigenvalue weighted by Crippen LogP contribution is -2.51. The highest BCUT2D eigenvalue weighted by molar-refractivity contribution is 5.97. The van der Waals surface area contributed by atoms with Gasteiger partial charge < -0.3 is 10.1 Å². The summed E-state index contributed by atoms with van der Waals surface area (Å²) >= 11 is 0. The van der Waals surface area contributed by atoms with Crippen LogP contribution in [0, 0.1) is 0 Å². The predicted molar refractivity (Wildman–Crippen MR) is 71.2 cm³/mol. The van der Waals surface area contributed by atoms with E-state index in [1.165, 1.54) is 6.40 Å². The molecular weight excluding hydrogens is 244 g/mol. The van der Waals surface area contributed by atoms with Crippen molar-refractivity contribution in [2.24, 2.45) is 4.99 Å². The van der Waals surface area contributed by atoms with Crippen LogP contribution in [0.25, 0.3) is 0 Å². The van der Waals surface area contributed by atoms with Gasteiger partial charge in [0.25, 0.3) is 0 Å². The minimum absolute atomic E-state index is 0.0146. The summed E-state index contributed by atoms with van der Waals surface area (Å²) in [5.74, 6) is 0.663. The third-order valence-electron chi connectivity index (χ3n) is 3.60. The largest absolute Gasteiger partial charge is 0.476 e. The van der Waals surface area contributed by atoms with Crippen molar-refractivity contribution in [2.45, 2.75) is 24.6 Å². The number of hydrogen-bond acceptors (Lipinski definition) is 5. The summed E-state index contributed by atoms with van der Waals surface area (Å²) in [6, 6.07) is 5.20. The Morgan fingerprint density at radius 3 is 3.11 bits per heavy atom. The van der Waals surface area contributed by atoms with Crippen LogP contribution in [-0.2, 0) is 9.53 Å². The summed E-state index contributed by atoms with van der Waals surface area (Å²) in [6.45, 7) is 0.607. The van der Waals surface area contributed by atoms with Crippen molar-refractivity contribution < 1.29 is 9.53 Å². The fourth-order valence-electron chi connectivity index (χ4n) is 2.61. The summed E-state index contributed by atoms with van der Waals surface area (Å²) in [6.07, 6.45) is 3.72. The van der Waals surface area contributed by atoms with Crippen molar-refractivity contribution in [3.05, 3.63) is 24.4 Å². The SMILES string of the molecule is CNC1C(=O)N(c2ccccn2)CCC2N=COC21. The zero-order chi connectivity index (χ0) is 13.2. The zero-order valence-electron chi connectivity index (χ0n) is 10.7. The highest BCUT2D eigenvalue weighted by Crippen LogP contribution is 2.24. The Hall–Kier alpha value is -1.95. The van der Waals surface area contributed by atoms with Crippen molar-refractivity contribution in [3.8, 4) is 0 Å². The van der Waals surface area contributed by atoms with E-state index in [0.29, 0.717) is 12.4 Å². The fourth-order valence-corrected chi connectivity index (χ4v) is 2.61. The number of aromatic nitrogens is 1. The average molecular weight is 260 g/mol. The third-order valence-corrected chi connectivity index (χ3v) is 3.60. The van der Waals surface area contributed by atoms with Crippen LogP contribution >= 0.6 is 0 Å². The number of likely N-dealkylation sites (N-methyl/N-ethyl adjacent to an activating group) is 1. The summed E-state index contributed by atoms with van der Waals surface area (Å²) in [5.41, 5.74) is 0. The molecule has 1 fully saturated rings. The van der Waals surface area contributed by atoms with Crippen molar-refractivity contribution >= 4 is 18.1 Å². The van der Waals surface area contributed by atoms with E-state index in [9.17, 15) is 4.79 Å². The molecule has 0 saturated carbocycles. The van der Waals surface area contributed by atoms with Gasteiger partial charge in [-0.2, -0.15) is 0 Å². The predicted octanol–water partition coefficient (Wildman–Crippen LogP) is 0.202. The van der Waals surface area contributed by atoms with E-state index in [-0.39, 0.29) is 18.1 Å². The Kier molecular flexibility index (Phi) is 3.16. The maximum Gasteiger partial charge on any atom is 0.249 e. The number of fused-ring (bicyclic) bond motifs is 1. The Labute approximate surface area is 111 Å². The molecule has 3 rings (SSSR count). The third kappa shape index (κ3) is 2.08. The molecule has 3 unspecified atom stereocenters. The number of hydrogen-bond donors (Lipinski definition) is 1. The molecule has 1 amide bonds. The topological polar surface area (TPSA) is 66.8 Å². The standard InChI is InChI=1S/C13H16N4O2/c1-14-11-12-9(16-8-19-12)5-7-17(13(11)18)10-4-2-3-6-15-10/h2-4,6,8-9,11-12,14H,5,7H2,1H3. The number of aliphatic imine (C=N–C) groups is 1. The summed E-state index contributed by atoms with van der Waals surface area (Å²) in [5, 5.41) is 3.04. The molecular formula is C13H16N4O2. The second-order valence-corrected chi connectivity index (χ2v) is 4.66. The molecule has 19 heavy (non-hydrogen) atoms. The minimum Gasteiger partial charge on any atom is -0.476 e. The molecule has 1 aromatic heterocycles. The molecule has 2 aliphatic heterocycles. The van der Waals surface area contributed by atoms with E-state index in [4.69, 9.17) is 4.74 Å². The van der Waals surface area contributed by atoms with Crippen molar-refractivity contribution in [3.63, 3.8) is 0 Å². The molecule has 0 aliphatic carbocycles. The van der Waals surface area contributed by atoms with Gasteiger partial charge in [0.05, 0.1) is 6.04 Å². The van der Waals surface area contributed by atoms with Gasteiger partial charge in [-0.25, -0.2) is 4.98 Å². The highest BCUT2D eigenvalue weighted by Gasteiger charge is 2.42. The number of ether oxygens (including phenoxy) is 1. The average Bonchev–Trinajstić information content (AvgIpc) is 2.85. The zero-order valence-corrected chi connectivity index (χ0v) is 10.7. The first kappa shape index (κ1) is 12.1. The van der Waals surface area contributed by atoms with Crippen molar-refractivity contribution in [2.75, 3.05) is 18.5 Å². The van der Waals surface area contributed by atoms with E-state index < -0.39 is 6.04 Å². The van der Waals surface area contributed by atoms with Crippen molar-refractivity contribution in [1.29, 1.82) is 0 Å². The normalized spacial score (nSPS) is 29.8. The van der Waals surface area contributed by atoms with Gasteiger partial charge in [0.1, 0.15) is 18.0 Å². The Balaban J connectivity index is 1.91. The number of carbonyl (C=O) groups excluding carboxylic acids is 1. The molecule has 6 heteroatoms. The van der Waals surface area contributed by atoms with Gasteiger partial charge >= 0.3 is 0 Å². The van der Waals surface area contributed by atoms with Gasteiger partial charge in [-0.05, 0) is 25.6 Å². The maximum atomic E-state index is 12.6. The molecule has 1 aromatic rings. The second-order valence-electron chi connectivity index (χ2n) is 4.66. The molecule has 0 spiro atoms. The molecule has 0 radical (unpaired) electrons. The molecule has 100 valence electrons. The first-order chi connectivity index (χ1) is 9.31. The molecule has 1 N–H and O–H groups in total. The molecule has 6 nitrogen and oxygen atoms in total. The quantitative estimate of drug-likeness (QED) is 0.825. The Bertz CT molecular complexity index is 491. The van der Waals surface area contributed by atoms with Crippen LogP contribution in [0.3, 0.4) is 0 Å². The van der Waals surface area contributed by atoms with Gasteiger partial charge in [0, 0.05) is 12.7 Å². The number of rotatable bonds is 2. The number of carbonyl (C=O) groups is 1. The van der Waals surface area contributed by atoms with E-state index in [1.54, 1.807) is 18.1 Å². The van der Waals surface area contributed by atoms with Gasteiger partial charge in [0.2, 0.25) is 5.91 Å². The molecule has 2 aliphatic rings. The monoisotopic (exact) mass is 260 g/mol. The van der Waals surface area contributed by atoms with Gasteiger partial charge in [-0.3, -0.25) is 14.7 Å². The highest BCUT2D eigenvalue weighted by atomic mass is 16.5. The van der Waals surface area contributed by atoms with Crippen molar-refractivity contribution in [1.82, 2.24) is 10.3 Å². The Morgan fingerprint density at radius 1 is 1.47 bits per heavy atom. The molecule has 3 atom stereocenters. The van der Waals surface area contributed by atoms with E-state index in [2.05, 4.69) is 15.3 Å². The van der Waals surface area contributed by atoms with E-state index in [1.807, 2.05) is 18.2 Å². The van der Waals surface area contributed by atoms with Crippen LogP contribution in [0.1, 0.15) is 6.42 Å². The first-order valence-corrected chi connectivity index (χ1v) is 6.38. The minimum atomic E-state index is -0.392. The van der Waals surface area contributed by atoms with Gasteiger partial charge in [-0.1, -0.05) is 6.07 Å². The lowest BCUT2D eigenvalue weighted by molar-refractivity contribution is -0.122. The molecule has 3 heterocycles. The lowest BCUT2D eigenvalue weighted by atomic mass is 10.0. The van der Waals surface area contributed by atoms with Crippen LogP contribution in [0.4, 0.5) is 5.82 Å². The smallest absolute Gasteiger partial charge is 0.249 e. The van der Waals surface area contributed by atoms with Crippen LogP contribution in [0.2, 0.25) is 0 Å².